The van der Waals surface area contributed by atoms with Gasteiger partial charge in [0.05, 0.1) is 0 Å². The molecule has 2 amide bonds. The van der Waals surface area contributed by atoms with Crippen LogP contribution in [0, 0.1) is 5.92 Å². The highest BCUT2D eigenvalue weighted by atomic mass is 16.2. The minimum absolute atomic E-state index is 0.0996. The highest BCUT2D eigenvalue weighted by Gasteiger charge is 2.35. The average molecular weight is 254 g/mol. The average Bonchev–Trinajstić information content (AvgIpc) is 2.28. The van der Waals surface area contributed by atoms with Crippen molar-refractivity contribution in [2.24, 2.45) is 5.92 Å². The molecule has 0 radical (unpaired) electrons. The molecule has 0 aromatic rings. The van der Waals surface area contributed by atoms with Gasteiger partial charge in [-0.2, -0.15) is 0 Å². The molecule has 5 heteroatoms. The summed E-state index contributed by atoms with van der Waals surface area (Å²) in [6.45, 7) is 12.5. The van der Waals surface area contributed by atoms with Gasteiger partial charge in [0.25, 0.3) is 0 Å². The summed E-state index contributed by atoms with van der Waals surface area (Å²) < 4.78 is 0. The first-order valence-electron chi connectivity index (χ1n) is 7.08. The number of carbonyl (C=O) groups excluding carboxylic acids is 1. The van der Waals surface area contributed by atoms with Crippen molar-refractivity contribution in [3.8, 4) is 0 Å². The van der Waals surface area contributed by atoms with Crippen LogP contribution in [0.4, 0.5) is 4.79 Å². The molecule has 1 unspecified atom stereocenters. The van der Waals surface area contributed by atoms with Gasteiger partial charge in [-0.05, 0) is 12.8 Å². The fourth-order valence-corrected chi connectivity index (χ4v) is 2.35. The fourth-order valence-electron chi connectivity index (χ4n) is 2.35. The number of hydrogen-bond donors (Lipinski definition) is 2. The first-order chi connectivity index (χ1) is 8.58. The van der Waals surface area contributed by atoms with Crippen LogP contribution in [0.5, 0.6) is 0 Å². The number of amides is 2. The van der Waals surface area contributed by atoms with E-state index in [-0.39, 0.29) is 12.1 Å². The number of piperazine rings is 1. The molecule has 0 aromatic heterocycles. The summed E-state index contributed by atoms with van der Waals surface area (Å²) in [4.78, 5) is 16.4. The van der Waals surface area contributed by atoms with Crippen molar-refractivity contribution in [1.29, 1.82) is 0 Å². The Balaban J connectivity index is 1.70. The SMILES string of the molecule is CC(C)C(C)NC(=O)N1CC(N2CCNCC2)C1. The number of hydrogen-bond acceptors (Lipinski definition) is 3. The molecule has 2 heterocycles. The lowest BCUT2D eigenvalue weighted by atomic mass is 10.1. The van der Waals surface area contributed by atoms with Gasteiger partial charge in [-0.25, -0.2) is 4.79 Å². The molecule has 0 aliphatic carbocycles. The van der Waals surface area contributed by atoms with E-state index < -0.39 is 0 Å². The summed E-state index contributed by atoms with van der Waals surface area (Å²) in [7, 11) is 0. The molecule has 2 saturated heterocycles. The van der Waals surface area contributed by atoms with Crippen LogP contribution in [0.1, 0.15) is 20.8 Å². The van der Waals surface area contributed by atoms with Gasteiger partial charge in [0.1, 0.15) is 0 Å². The predicted molar refractivity (Wildman–Crippen MR) is 72.6 cm³/mol. The molecule has 0 saturated carbocycles. The number of urea groups is 1. The van der Waals surface area contributed by atoms with E-state index in [1.165, 1.54) is 0 Å². The molecule has 2 N–H and O–H groups in total. The Bertz CT molecular complexity index is 283. The normalized spacial score (nSPS) is 23.9. The third kappa shape index (κ3) is 3.14. The summed E-state index contributed by atoms with van der Waals surface area (Å²) in [6.07, 6.45) is 0. The second kappa shape index (κ2) is 5.89. The quantitative estimate of drug-likeness (QED) is 0.763. The Labute approximate surface area is 110 Å². The Morgan fingerprint density at radius 1 is 1.22 bits per heavy atom. The van der Waals surface area contributed by atoms with Crippen LogP contribution in [0.2, 0.25) is 0 Å². The maximum Gasteiger partial charge on any atom is 0.317 e. The van der Waals surface area contributed by atoms with Gasteiger partial charge in [-0.1, -0.05) is 13.8 Å². The van der Waals surface area contributed by atoms with E-state index in [0.717, 1.165) is 39.3 Å². The van der Waals surface area contributed by atoms with E-state index in [2.05, 4.69) is 36.3 Å². The molecule has 0 spiro atoms. The monoisotopic (exact) mass is 254 g/mol. The standard InChI is InChI=1S/C13H26N4O/c1-10(2)11(3)15-13(18)17-8-12(9-17)16-6-4-14-5-7-16/h10-12,14H,4-9H2,1-3H3,(H,15,18). The number of nitrogens with zero attached hydrogens (tertiary/aromatic N) is 2. The van der Waals surface area contributed by atoms with Crippen molar-refractivity contribution < 1.29 is 4.79 Å². The number of carbonyl (C=O) groups is 1. The van der Waals surface area contributed by atoms with Crippen LogP contribution in [0.15, 0.2) is 0 Å². The van der Waals surface area contributed by atoms with Gasteiger partial charge in [-0.3, -0.25) is 4.90 Å². The zero-order valence-corrected chi connectivity index (χ0v) is 11.8. The van der Waals surface area contributed by atoms with Gasteiger partial charge in [0, 0.05) is 51.4 Å². The Kier molecular flexibility index (Phi) is 4.45. The lowest BCUT2D eigenvalue weighted by Crippen LogP contribution is -2.65. The molecule has 2 fully saturated rings. The molecular weight excluding hydrogens is 228 g/mol. The second-order valence-corrected chi connectivity index (χ2v) is 5.83. The van der Waals surface area contributed by atoms with Gasteiger partial charge >= 0.3 is 6.03 Å². The third-order valence-corrected chi connectivity index (χ3v) is 4.17. The number of nitrogens with one attached hydrogen (secondary N) is 2. The Morgan fingerprint density at radius 2 is 1.83 bits per heavy atom. The number of rotatable bonds is 3. The first kappa shape index (κ1) is 13.6. The molecule has 2 aliphatic heterocycles. The largest absolute Gasteiger partial charge is 0.335 e. The van der Waals surface area contributed by atoms with Crippen LogP contribution in [-0.4, -0.2) is 67.2 Å². The Morgan fingerprint density at radius 3 is 2.39 bits per heavy atom. The molecule has 0 aromatic carbocycles. The lowest BCUT2D eigenvalue weighted by molar-refractivity contribution is 0.0480. The first-order valence-corrected chi connectivity index (χ1v) is 7.08. The summed E-state index contributed by atoms with van der Waals surface area (Å²) >= 11 is 0. The molecule has 1 atom stereocenters. The third-order valence-electron chi connectivity index (χ3n) is 4.17. The lowest BCUT2D eigenvalue weighted by Gasteiger charge is -2.46. The van der Waals surface area contributed by atoms with Crippen molar-refractivity contribution in [2.75, 3.05) is 39.3 Å². The summed E-state index contributed by atoms with van der Waals surface area (Å²) in [5.74, 6) is 0.485. The predicted octanol–water partition coefficient (Wildman–Crippen LogP) is 0.330. The van der Waals surface area contributed by atoms with Gasteiger partial charge in [0.15, 0.2) is 0 Å². The maximum atomic E-state index is 12.0. The smallest absolute Gasteiger partial charge is 0.317 e. The van der Waals surface area contributed by atoms with Crippen LogP contribution in [0.3, 0.4) is 0 Å². The van der Waals surface area contributed by atoms with Crippen LogP contribution < -0.4 is 10.6 Å². The fraction of sp³-hybridized carbons (Fsp3) is 0.923. The molecule has 5 nitrogen and oxygen atoms in total. The van der Waals surface area contributed by atoms with Crippen molar-refractivity contribution >= 4 is 6.03 Å². The molecule has 104 valence electrons. The van der Waals surface area contributed by atoms with Crippen molar-refractivity contribution in [1.82, 2.24) is 20.4 Å². The van der Waals surface area contributed by atoms with E-state index in [0.29, 0.717) is 12.0 Å². The number of likely N-dealkylation sites (tertiary alicyclic amines) is 1. The summed E-state index contributed by atoms with van der Waals surface area (Å²) in [5.41, 5.74) is 0. The minimum Gasteiger partial charge on any atom is -0.335 e. The highest BCUT2D eigenvalue weighted by molar-refractivity contribution is 5.75. The van der Waals surface area contributed by atoms with Gasteiger partial charge < -0.3 is 15.5 Å². The molecular formula is C13H26N4O. The van der Waals surface area contributed by atoms with Crippen molar-refractivity contribution in [3.63, 3.8) is 0 Å². The van der Waals surface area contributed by atoms with Crippen molar-refractivity contribution in [3.05, 3.63) is 0 Å². The Hall–Kier alpha value is -0.810. The van der Waals surface area contributed by atoms with E-state index in [1.54, 1.807) is 0 Å². The van der Waals surface area contributed by atoms with Gasteiger partial charge in [0.2, 0.25) is 0 Å². The molecule has 18 heavy (non-hydrogen) atoms. The second-order valence-electron chi connectivity index (χ2n) is 5.83. The molecule has 2 rings (SSSR count). The van der Waals surface area contributed by atoms with E-state index in [4.69, 9.17) is 0 Å². The van der Waals surface area contributed by atoms with Gasteiger partial charge in [-0.15, -0.1) is 0 Å². The summed E-state index contributed by atoms with van der Waals surface area (Å²) in [6, 6.07) is 0.922. The van der Waals surface area contributed by atoms with Crippen molar-refractivity contribution in [2.45, 2.75) is 32.9 Å². The van der Waals surface area contributed by atoms with Crippen LogP contribution in [-0.2, 0) is 0 Å². The topological polar surface area (TPSA) is 47.6 Å². The maximum absolute atomic E-state index is 12.0. The summed E-state index contributed by atoms with van der Waals surface area (Å²) in [5, 5.41) is 6.42. The van der Waals surface area contributed by atoms with E-state index in [9.17, 15) is 4.79 Å². The molecule has 2 aliphatic rings. The molecule has 0 bridgehead atoms. The zero-order chi connectivity index (χ0) is 13.1. The van der Waals surface area contributed by atoms with Crippen LogP contribution in [0.25, 0.3) is 0 Å². The highest BCUT2D eigenvalue weighted by Crippen LogP contribution is 2.16. The van der Waals surface area contributed by atoms with Crippen LogP contribution >= 0.6 is 0 Å². The van der Waals surface area contributed by atoms with E-state index >= 15 is 0 Å². The minimum atomic E-state index is 0.0996. The van der Waals surface area contributed by atoms with E-state index in [1.807, 2.05) is 4.90 Å². The zero-order valence-electron chi connectivity index (χ0n) is 11.8.